The van der Waals surface area contributed by atoms with Crippen LogP contribution >= 0.6 is 0 Å². The normalized spacial score (nSPS) is 26.6. The number of hydrogen-bond donors (Lipinski definition) is 6. The monoisotopic (exact) mass is 417 g/mol. The molecule has 1 aliphatic heterocycles. The molecule has 4 rings (SSSR count). The molecule has 0 saturated carbocycles. The summed E-state index contributed by atoms with van der Waals surface area (Å²) in [5.41, 5.74) is 0.656. The van der Waals surface area contributed by atoms with Gasteiger partial charge in [0.05, 0.1) is 17.7 Å². The molecule has 1 aromatic heterocycles. The van der Waals surface area contributed by atoms with Crippen molar-refractivity contribution in [2.75, 3.05) is 0 Å². The molecule has 0 bridgehead atoms. The van der Waals surface area contributed by atoms with Gasteiger partial charge in [-0.2, -0.15) is 0 Å². The minimum absolute atomic E-state index is 0.0364. The van der Waals surface area contributed by atoms with Gasteiger partial charge in [-0.25, -0.2) is 4.42 Å². The van der Waals surface area contributed by atoms with Crippen LogP contribution in [0.4, 0.5) is 0 Å². The van der Waals surface area contributed by atoms with Gasteiger partial charge in [0.2, 0.25) is 12.0 Å². The number of aliphatic hydroxyl groups is 3. The fraction of sp³-hybridized carbons (Fsp3) is 0.286. The van der Waals surface area contributed by atoms with Gasteiger partial charge in [0.15, 0.2) is 0 Å². The fourth-order valence-corrected chi connectivity index (χ4v) is 3.32. The van der Waals surface area contributed by atoms with Crippen molar-refractivity contribution in [3.63, 3.8) is 0 Å². The third kappa shape index (κ3) is 3.59. The molecule has 0 unspecified atom stereocenters. The average Bonchev–Trinajstić information content (AvgIpc) is 2.71. The highest BCUT2D eigenvalue weighted by Gasteiger charge is 2.44. The van der Waals surface area contributed by atoms with E-state index in [1.165, 1.54) is 31.2 Å². The Balaban J connectivity index is 1.82. The molecular formula is C21H21O9+. The number of phenols is 3. The van der Waals surface area contributed by atoms with Gasteiger partial charge in [-0.1, -0.05) is 0 Å². The lowest BCUT2D eigenvalue weighted by Gasteiger charge is -2.38. The quantitative estimate of drug-likeness (QED) is 0.350. The van der Waals surface area contributed by atoms with Gasteiger partial charge in [-0.3, -0.25) is 0 Å². The lowest BCUT2D eigenvalue weighted by atomic mass is 10.00. The molecule has 0 radical (unpaired) electrons. The molecule has 0 amide bonds. The van der Waals surface area contributed by atoms with Crippen LogP contribution in [0.25, 0.3) is 22.3 Å². The number of ether oxygens (including phenoxy) is 2. The van der Waals surface area contributed by atoms with E-state index >= 15 is 0 Å². The molecule has 1 aliphatic rings. The molecule has 30 heavy (non-hydrogen) atoms. The molecule has 5 atom stereocenters. The smallest absolute Gasteiger partial charge is 0.402 e. The van der Waals surface area contributed by atoms with Crippen molar-refractivity contribution in [3.8, 4) is 34.3 Å². The van der Waals surface area contributed by atoms with Crippen LogP contribution in [0.1, 0.15) is 6.92 Å². The first kappa shape index (κ1) is 20.2. The molecule has 2 aromatic carbocycles. The van der Waals surface area contributed by atoms with E-state index < -0.39 is 30.7 Å². The summed E-state index contributed by atoms with van der Waals surface area (Å²) in [7, 11) is 0. The highest BCUT2D eigenvalue weighted by atomic mass is 16.7. The summed E-state index contributed by atoms with van der Waals surface area (Å²) in [4.78, 5) is 0. The Bertz CT molecular complexity index is 1070. The van der Waals surface area contributed by atoms with E-state index in [1.54, 1.807) is 12.1 Å². The molecule has 6 N–H and O–H groups in total. The van der Waals surface area contributed by atoms with Crippen molar-refractivity contribution < 1.29 is 44.5 Å². The lowest BCUT2D eigenvalue weighted by Crippen LogP contribution is -2.58. The predicted octanol–water partition coefficient (Wildman–Crippen LogP) is 1.70. The molecule has 1 fully saturated rings. The molecule has 0 spiro atoms. The Labute approximate surface area is 170 Å². The van der Waals surface area contributed by atoms with E-state index in [0.29, 0.717) is 5.56 Å². The van der Waals surface area contributed by atoms with Crippen molar-refractivity contribution in [1.29, 1.82) is 0 Å². The Kier molecular flexibility index (Phi) is 5.12. The highest BCUT2D eigenvalue weighted by Crippen LogP contribution is 2.40. The van der Waals surface area contributed by atoms with E-state index in [4.69, 9.17) is 13.9 Å². The van der Waals surface area contributed by atoms with Crippen LogP contribution in [0.15, 0.2) is 46.9 Å². The SMILES string of the molecule is C[C@@H]1O[C@@H](Oc2cc3c(O)cc(O)cc3[o+]c2-c2ccc(O)cc2)[C@@H](O)[C@H](O)[C@H]1O. The zero-order valence-corrected chi connectivity index (χ0v) is 15.8. The number of rotatable bonds is 3. The second-order valence-electron chi connectivity index (χ2n) is 7.16. The largest absolute Gasteiger partial charge is 0.508 e. The Morgan fingerprint density at radius 1 is 0.867 bits per heavy atom. The summed E-state index contributed by atoms with van der Waals surface area (Å²) in [6.45, 7) is 1.52. The molecule has 2 heterocycles. The standard InChI is InChI=1S/C21H20O9/c1-9-17(25)18(26)19(27)21(28-9)30-16-8-13-14(24)6-12(23)7-15(13)29-20(16)10-2-4-11(22)5-3-10/h2-9,17-19,21,25-27H,1H3,(H2-,22,23,24)/p+1/t9-,17-,18+,19-,21-/m0/s1. The van der Waals surface area contributed by atoms with Gasteiger partial charge >= 0.3 is 11.3 Å². The van der Waals surface area contributed by atoms with Crippen LogP contribution in [0.3, 0.4) is 0 Å². The van der Waals surface area contributed by atoms with Crippen LogP contribution in [-0.2, 0) is 4.74 Å². The third-order valence-corrected chi connectivity index (χ3v) is 5.00. The molecule has 9 heteroatoms. The summed E-state index contributed by atoms with van der Waals surface area (Å²) < 4.78 is 17.1. The first-order valence-corrected chi connectivity index (χ1v) is 9.23. The molecule has 1 saturated heterocycles. The maximum atomic E-state index is 10.3. The van der Waals surface area contributed by atoms with E-state index in [-0.39, 0.29) is 39.7 Å². The van der Waals surface area contributed by atoms with Gasteiger partial charge in [0, 0.05) is 12.1 Å². The number of aliphatic hydroxyl groups excluding tert-OH is 3. The minimum atomic E-state index is -1.55. The second-order valence-corrected chi connectivity index (χ2v) is 7.16. The first-order valence-electron chi connectivity index (χ1n) is 9.23. The number of hydrogen-bond acceptors (Lipinski definition) is 8. The minimum Gasteiger partial charge on any atom is -0.508 e. The van der Waals surface area contributed by atoms with Gasteiger partial charge in [-0.15, -0.1) is 0 Å². The van der Waals surface area contributed by atoms with Gasteiger partial charge in [-0.05, 0) is 31.2 Å². The molecule has 0 aliphatic carbocycles. The van der Waals surface area contributed by atoms with Crippen LogP contribution in [-0.4, -0.2) is 61.3 Å². The highest BCUT2D eigenvalue weighted by molar-refractivity contribution is 5.88. The Morgan fingerprint density at radius 2 is 1.57 bits per heavy atom. The topological polar surface area (TPSA) is 151 Å². The molecular weight excluding hydrogens is 396 g/mol. The van der Waals surface area contributed by atoms with Crippen molar-refractivity contribution in [2.45, 2.75) is 37.6 Å². The van der Waals surface area contributed by atoms with Crippen molar-refractivity contribution in [3.05, 3.63) is 42.5 Å². The zero-order chi connectivity index (χ0) is 21.6. The maximum absolute atomic E-state index is 10.3. The maximum Gasteiger partial charge on any atom is 0.402 e. The summed E-state index contributed by atoms with van der Waals surface area (Å²) in [5, 5.41) is 60.0. The van der Waals surface area contributed by atoms with Crippen molar-refractivity contribution in [2.24, 2.45) is 0 Å². The van der Waals surface area contributed by atoms with Crippen molar-refractivity contribution >= 4 is 11.0 Å². The lowest BCUT2D eigenvalue weighted by molar-refractivity contribution is -0.268. The number of aromatic hydroxyl groups is 3. The van der Waals surface area contributed by atoms with Gasteiger partial charge in [0.25, 0.3) is 0 Å². The molecule has 158 valence electrons. The van der Waals surface area contributed by atoms with Crippen LogP contribution in [0.5, 0.6) is 23.0 Å². The average molecular weight is 417 g/mol. The van der Waals surface area contributed by atoms with Gasteiger partial charge in [0.1, 0.15) is 40.9 Å². The Hall–Kier alpha value is -3.11. The number of phenolic OH excluding ortho intramolecular Hbond substituents is 3. The van der Waals surface area contributed by atoms with E-state index in [1.807, 2.05) is 0 Å². The summed E-state index contributed by atoms with van der Waals surface area (Å²) in [6, 6.07) is 9.89. The summed E-state index contributed by atoms with van der Waals surface area (Å²) in [6.07, 6.45) is -6.47. The van der Waals surface area contributed by atoms with E-state index in [9.17, 15) is 30.6 Å². The van der Waals surface area contributed by atoms with Crippen LogP contribution in [0, 0.1) is 0 Å². The fourth-order valence-electron chi connectivity index (χ4n) is 3.32. The van der Waals surface area contributed by atoms with Crippen LogP contribution < -0.4 is 4.74 Å². The molecule has 3 aromatic rings. The summed E-state index contributed by atoms with van der Waals surface area (Å²) in [5.74, 6) is -0.198. The van der Waals surface area contributed by atoms with E-state index in [2.05, 4.69) is 0 Å². The predicted molar refractivity (Wildman–Crippen MR) is 104 cm³/mol. The number of benzene rings is 2. The third-order valence-electron chi connectivity index (χ3n) is 5.00. The van der Waals surface area contributed by atoms with E-state index in [0.717, 1.165) is 6.07 Å². The van der Waals surface area contributed by atoms with Gasteiger partial charge < -0.3 is 40.1 Å². The number of fused-ring (bicyclic) bond motifs is 1. The zero-order valence-electron chi connectivity index (χ0n) is 15.8. The summed E-state index contributed by atoms with van der Waals surface area (Å²) >= 11 is 0. The van der Waals surface area contributed by atoms with Crippen molar-refractivity contribution in [1.82, 2.24) is 0 Å². The molecule has 9 nitrogen and oxygen atoms in total. The van der Waals surface area contributed by atoms with Crippen LogP contribution in [0.2, 0.25) is 0 Å². The second kappa shape index (κ2) is 7.62. The first-order chi connectivity index (χ1) is 14.2. The Morgan fingerprint density at radius 3 is 2.27 bits per heavy atom.